The summed E-state index contributed by atoms with van der Waals surface area (Å²) < 4.78 is 6.89. The molecule has 2 unspecified atom stereocenters. The van der Waals surface area contributed by atoms with Gasteiger partial charge in [-0.15, -0.1) is 11.8 Å². The third kappa shape index (κ3) is 17.3. The summed E-state index contributed by atoms with van der Waals surface area (Å²) in [5.74, 6) is 0. The van der Waals surface area contributed by atoms with Crippen LogP contribution >= 0.6 is 11.8 Å². The lowest BCUT2D eigenvalue weighted by molar-refractivity contribution is -0.890. The van der Waals surface area contributed by atoms with E-state index >= 15 is 0 Å². The number of nitrogens with zero attached hydrogens (tertiary/aromatic N) is 1. The Kier molecular flexibility index (Phi) is 20.8. The van der Waals surface area contributed by atoms with Crippen molar-refractivity contribution in [1.29, 1.82) is 0 Å². The predicted octanol–water partition coefficient (Wildman–Crippen LogP) is 3.78. The van der Waals surface area contributed by atoms with Crippen LogP contribution in [0.2, 0.25) is 0 Å². The average Bonchev–Trinajstić information content (AvgIpc) is 3.11. The molecule has 1 aliphatic rings. The molecule has 0 aromatic heterocycles. The van der Waals surface area contributed by atoms with Crippen molar-refractivity contribution in [3.05, 3.63) is 0 Å². The van der Waals surface area contributed by atoms with Gasteiger partial charge >= 0.3 is 0 Å². The molecular formula is C25H52BrNO2S. The van der Waals surface area contributed by atoms with Crippen LogP contribution in [-0.2, 0) is 4.74 Å². The highest BCUT2D eigenvalue weighted by Crippen LogP contribution is 2.32. The van der Waals surface area contributed by atoms with E-state index in [9.17, 15) is 5.11 Å². The fraction of sp³-hybridized carbons (Fsp3) is 1.00. The number of unbranched alkanes of at least 4 members (excludes halogenated alkanes) is 14. The molecule has 5 heteroatoms. The summed E-state index contributed by atoms with van der Waals surface area (Å²) in [5.41, 5.74) is 0.413. The van der Waals surface area contributed by atoms with E-state index in [1.165, 1.54) is 103 Å². The van der Waals surface area contributed by atoms with E-state index in [0.717, 1.165) is 24.2 Å². The summed E-state index contributed by atoms with van der Waals surface area (Å²) >= 11 is 2.03. The quantitative estimate of drug-likeness (QED) is 0.200. The summed E-state index contributed by atoms with van der Waals surface area (Å²) in [6.45, 7) is 5.39. The van der Waals surface area contributed by atoms with Crippen LogP contribution in [0.4, 0.5) is 0 Å². The zero-order chi connectivity index (χ0) is 21.2. The summed E-state index contributed by atoms with van der Waals surface area (Å²) in [4.78, 5) is 0. The molecule has 1 aliphatic heterocycles. The molecule has 1 fully saturated rings. The lowest BCUT2D eigenvalue weighted by Crippen LogP contribution is -3.00. The number of hydrogen-bond acceptors (Lipinski definition) is 3. The van der Waals surface area contributed by atoms with Gasteiger partial charge in [0.05, 0.1) is 39.1 Å². The Morgan fingerprint density at radius 2 is 1.27 bits per heavy atom. The molecule has 0 spiro atoms. The normalized spacial score (nSPS) is 19.2. The van der Waals surface area contributed by atoms with Crippen molar-refractivity contribution < 1.29 is 31.3 Å². The first-order chi connectivity index (χ1) is 14.1. The molecule has 0 radical (unpaired) electrons. The lowest BCUT2D eigenvalue weighted by Gasteiger charge is -2.30. The SMILES string of the molecule is CCCCCCCCCCCCCCCCCC1OCC(C[N+](C)(C)CCO)S1.[Br-]. The van der Waals surface area contributed by atoms with Crippen LogP contribution in [0.1, 0.15) is 110 Å². The van der Waals surface area contributed by atoms with Crippen LogP contribution in [0.5, 0.6) is 0 Å². The Balaban J connectivity index is 0.00000841. The maximum atomic E-state index is 9.18. The van der Waals surface area contributed by atoms with E-state index in [-0.39, 0.29) is 23.6 Å². The van der Waals surface area contributed by atoms with Crippen molar-refractivity contribution in [3.63, 3.8) is 0 Å². The largest absolute Gasteiger partial charge is 1.00 e. The number of rotatable bonds is 20. The second-order valence-corrected chi connectivity index (χ2v) is 11.3. The van der Waals surface area contributed by atoms with Gasteiger partial charge in [0.2, 0.25) is 0 Å². The molecule has 0 aliphatic carbocycles. The number of ether oxygens (including phenoxy) is 1. The summed E-state index contributed by atoms with van der Waals surface area (Å²) in [6, 6.07) is 0. The monoisotopic (exact) mass is 509 g/mol. The summed E-state index contributed by atoms with van der Waals surface area (Å²) in [7, 11) is 4.41. The highest BCUT2D eigenvalue weighted by molar-refractivity contribution is 8.00. The van der Waals surface area contributed by atoms with E-state index in [1.54, 1.807) is 0 Å². The number of aliphatic hydroxyl groups excluding tert-OH is 1. The van der Waals surface area contributed by atoms with Crippen molar-refractivity contribution in [1.82, 2.24) is 0 Å². The predicted molar refractivity (Wildman–Crippen MR) is 130 cm³/mol. The topological polar surface area (TPSA) is 29.5 Å². The molecule has 30 heavy (non-hydrogen) atoms. The molecule has 0 aromatic rings. The molecular weight excluding hydrogens is 458 g/mol. The van der Waals surface area contributed by atoms with Gasteiger partial charge in [0.25, 0.3) is 0 Å². The molecule has 1 rings (SSSR count). The van der Waals surface area contributed by atoms with Gasteiger partial charge in [-0.25, -0.2) is 0 Å². The van der Waals surface area contributed by atoms with Crippen LogP contribution in [0.15, 0.2) is 0 Å². The van der Waals surface area contributed by atoms with Gasteiger partial charge in [-0.2, -0.15) is 0 Å². The maximum absolute atomic E-state index is 9.18. The number of quaternary nitrogens is 1. The minimum Gasteiger partial charge on any atom is -1.00 e. The standard InChI is InChI=1S/C25H52NO2S.BrH/c1-4-5-6-7-8-9-10-11-12-13-14-15-16-17-18-19-25-28-23-24(29-25)22-26(2,3)20-21-27;/h24-25,27H,4-23H2,1-3H3;1H/q+1;/p-1. The van der Waals surface area contributed by atoms with Crippen LogP contribution in [-0.4, -0.2) is 60.7 Å². The van der Waals surface area contributed by atoms with E-state index in [4.69, 9.17) is 4.74 Å². The van der Waals surface area contributed by atoms with Crippen molar-refractivity contribution in [2.45, 2.75) is 120 Å². The fourth-order valence-electron chi connectivity index (χ4n) is 4.35. The molecule has 3 nitrogen and oxygen atoms in total. The zero-order valence-electron chi connectivity index (χ0n) is 20.4. The van der Waals surface area contributed by atoms with Crippen molar-refractivity contribution in [3.8, 4) is 0 Å². The van der Waals surface area contributed by atoms with E-state index < -0.39 is 0 Å². The van der Waals surface area contributed by atoms with E-state index in [1.807, 2.05) is 11.8 Å². The molecule has 1 heterocycles. The van der Waals surface area contributed by atoms with Gasteiger partial charge in [0.1, 0.15) is 12.0 Å². The summed E-state index contributed by atoms with van der Waals surface area (Å²) in [5, 5.41) is 9.77. The molecule has 182 valence electrons. The number of thioether (sulfide) groups is 1. The molecule has 1 saturated heterocycles. The van der Waals surface area contributed by atoms with Gasteiger partial charge in [-0.3, -0.25) is 0 Å². The van der Waals surface area contributed by atoms with Gasteiger partial charge in [-0.05, 0) is 12.8 Å². The minimum absolute atomic E-state index is 0. The lowest BCUT2D eigenvalue weighted by atomic mass is 10.0. The van der Waals surface area contributed by atoms with Crippen LogP contribution < -0.4 is 17.0 Å². The number of hydrogen-bond donors (Lipinski definition) is 1. The third-order valence-corrected chi connectivity index (χ3v) is 7.60. The van der Waals surface area contributed by atoms with Gasteiger partial charge in [0.15, 0.2) is 0 Å². The molecule has 0 aromatic carbocycles. The second-order valence-electron chi connectivity index (χ2n) is 9.82. The first-order valence-electron chi connectivity index (χ1n) is 12.8. The number of aliphatic hydroxyl groups is 1. The molecule has 2 atom stereocenters. The van der Waals surface area contributed by atoms with Crippen molar-refractivity contribution in [2.24, 2.45) is 0 Å². The molecule has 0 saturated carbocycles. The minimum atomic E-state index is 0. The van der Waals surface area contributed by atoms with Crippen molar-refractivity contribution >= 4 is 11.8 Å². The molecule has 0 amide bonds. The number of halogens is 1. The van der Waals surface area contributed by atoms with Gasteiger partial charge in [-0.1, -0.05) is 96.8 Å². The Morgan fingerprint density at radius 1 is 0.800 bits per heavy atom. The van der Waals surface area contributed by atoms with E-state index in [2.05, 4.69) is 21.0 Å². The summed E-state index contributed by atoms with van der Waals surface area (Å²) in [6.07, 6.45) is 22.6. The Bertz CT molecular complexity index is 371. The van der Waals surface area contributed by atoms with Crippen LogP contribution in [0.25, 0.3) is 0 Å². The third-order valence-electron chi connectivity index (χ3n) is 6.26. The first-order valence-corrected chi connectivity index (χ1v) is 13.7. The highest BCUT2D eigenvalue weighted by Gasteiger charge is 2.31. The molecule has 1 N–H and O–H groups in total. The zero-order valence-corrected chi connectivity index (χ0v) is 22.8. The van der Waals surface area contributed by atoms with E-state index in [0.29, 0.717) is 10.7 Å². The Morgan fingerprint density at radius 3 is 1.73 bits per heavy atom. The maximum Gasteiger partial charge on any atom is 0.103 e. The van der Waals surface area contributed by atoms with Crippen LogP contribution in [0.3, 0.4) is 0 Å². The second kappa shape index (κ2) is 20.3. The Hall–Kier alpha value is 0.710. The molecule has 0 bridgehead atoms. The average molecular weight is 511 g/mol. The van der Waals surface area contributed by atoms with Crippen LogP contribution in [0, 0.1) is 0 Å². The number of likely N-dealkylation sites (N-methyl/N-ethyl adjacent to an activating group) is 1. The van der Waals surface area contributed by atoms with Gasteiger partial charge < -0.3 is 31.3 Å². The highest BCUT2D eigenvalue weighted by atomic mass is 79.9. The van der Waals surface area contributed by atoms with Gasteiger partial charge in [0, 0.05) is 0 Å². The van der Waals surface area contributed by atoms with Crippen molar-refractivity contribution in [2.75, 3.05) is 40.4 Å². The first kappa shape index (κ1) is 30.7. The smallest absolute Gasteiger partial charge is 0.103 e. The Labute approximate surface area is 203 Å². The fourth-order valence-corrected chi connectivity index (χ4v) is 5.89.